The molecule has 1 N–H and O–H groups in total. The van der Waals surface area contributed by atoms with E-state index >= 15 is 0 Å². The summed E-state index contributed by atoms with van der Waals surface area (Å²) < 4.78 is 25.9. The van der Waals surface area contributed by atoms with E-state index in [-0.39, 0.29) is 5.41 Å². The van der Waals surface area contributed by atoms with Gasteiger partial charge in [0.05, 0.1) is 15.5 Å². The quantitative estimate of drug-likeness (QED) is 0.394. The van der Waals surface area contributed by atoms with Gasteiger partial charge in [-0.2, -0.15) is 5.10 Å². The van der Waals surface area contributed by atoms with E-state index in [9.17, 15) is 8.42 Å². The van der Waals surface area contributed by atoms with Crippen LogP contribution in [0.4, 0.5) is 0 Å². The number of hydrogen-bond acceptors (Lipinski definition) is 3. The highest BCUT2D eigenvalue weighted by molar-refractivity contribution is 7.92. The second-order valence-electron chi connectivity index (χ2n) is 8.70. The molecule has 1 aliphatic rings. The van der Waals surface area contributed by atoms with Gasteiger partial charge in [-0.1, -0.05) is 75.4 Å². The summed E-state index contributed by atoms with van der Waals surface area (Å²) in [7, 11) is -3.47. The molecule has 3 aromatic carbocycles. The molecule has 4 aromatic rings. The third kappa shape index (κ3) is 2.89. The van der Waals surface area contributed by atoms with Gasteiger partial charge < -0.3 is 0 Å². The second kappa shape index (κ2) is 6.41. The molecule has 0 aliphatic carbocycles. The Hall–Kier alpha value is -3.18. The van der Waals surface area contributed by atoms with Gasteiger partial charge in [0.15, 0.2) is 0 Å². The van der Waals surface area contributed by atoms with Crippen LogP contribution in [0.5, 0.6) is 0 Å². The molecular weight excluding hydrogens is 392 g/mol. The Morgan fingerprint density at radius 2 is 1.37 bits per heavy atom. The molecule has 150 valence electrons. The van der Waals surface area contributed by atoms with E-state index in [2.05, 4.69) is 37.0 Å². The summed E-state index contributed by atoms with van der Waals surface area (Å²) in [5.41, 5.74) is 6.43. The SMILES string of the molecule is CC(C)(C)c1cc(-c2ccc(-c3ccc4c(c3)S(=O)(=O)c3ccccc3-4)cc2)n[nH]1. The molecule has 2 heterocycles. The Balaban J connectivity index is 1.51. The molecule has 0 atom stereocenters. The maximum Gasteiger partial charge on any atom is 0.207 e. The van der Waals surface area contributed by atoms with Crippen molar-refractivity contribution in [3.63, 3.8) is 0 Å². The van der Waals surface area contributed by atoms with E-state index in [0.717, 1.165) is 39.2 Å². The van der Waals surface area contributed by atoms with Gasteiger partial charge in [-0.15, -0.1) is 0 Å². The Labute approximate surface area is 176 Å². The van der Waals surface area contributed by atoms with E-state index in [1.807, 2.05) is 48.5 Å². The van der Waals surface area contributed by atoms with E-state index in [1.54, 1.807) is 18.2 Å². The summed E-state index contributed by atoms with van der Waals surface area (Å²) in [4.78, 5) is 0.771. The third-order valence-corrected chi connectivity index (χ3v) is 7.49. The van der Waals surface area contributed by atoms with Gasteiger partial charge in [-0.05, 0) is 29.3 Å². The van der Waals surface area contributed by atoms with Crippen LogP contribution in [0.25, 0.3) is 33.5 Å². The molecule has 1 aliphatic heterocycles. The van der Waals surface area contributed by atoms with Gasteiger partial charge in [-0.3, -0.25) is 5.10 Å². The van der Waals surface area contributed by atoms with Crippen molar-refractivity contribution in [3.8, 4) is 33.5 Å². The van der Waals surface area contributed by atoms with E-state index in [0.29, 0.717) is 9.79 Å². The van der Waals surface area contributed by atoms with Crippen LogP contribution in [0.1, 0.15) is 26.5 Å². The molecule has 0 unspecified atom stereocenters. The van der Waals surface area contributed by atoms with Gasteiger partial charge >= 0.3 is 0 Å². The van der Waals surface area contributed by atoms with Gasteiger partial charge in [0, 0.05) is 27.8 Å². The Kier molecular flexibility index (Phi) is 4.02. The zero-order valence-electron chi connectivity index (χ0n) is 17.1. The Morgan fingerprint density at radius 3 is 2.07 bits per heavy atom. The molecule has 0 amide bonds. The van der Waals surface area contributed by atoms with Gasteiger partial charge in [0.2, 0.25) is 9.84 Å². The number of nitrogens with zero attached hydrogens (tertiary/aromatic N) is 1. The van der Waals surface area contributed by atoms with Crippen LogP contribution in [0.15, 0.2) is 82.6 Å². The van der Waals surface area contributed by atoms with Crippen LogP contribution in [0.3, 0.4) is 0 Å². The van der Waals surface area contributed by atoms with Crippen molar-refractivity contribution in [2.24, 2.45) is 0 Å². The first-order valence-corrected chi connectivity index (χ1v) is 11.4. The van der Waals surface area contributed by atoms with E-state index in [4.69, 9.17) is 0 Å². The zero-order chi connectivity index (χ0) is 21.1. The normalized spacial score (nSPS) is 14.4. The highest BCUT2D eigenvalue weighted by atomic mass is 32.2. The maximum absolute atomic E-state index is 13.0. The monoisotopic (exact) mass is 414 g/mol. The van der Waals surface area contributed by atoms with Crippen LogP contribution in [0, 0.1) is 0 Å². The highest BCUT2D eigenvalue weighted by Gasteiger charge is 2.32. The molecule has 5 rings (SSSR count). The largest absolute Gasteiger partial charge is 0.281 e. The fourth-order valence-electron chi connectivity index (χ4n) is 3.88. The topological polar surface area (TPSA) is 62.8 Å². The third-order valence-electron chi connectivity index (χ3n) is 5.64. The van der Waals surface area contributed by atoms with Crippen molar-refractivity contribution in [2.45, 2.75) is 36.0 Å². The van der Waals surface area contributed by atoms with Crippen molar-refractivity contribution in [1.82, 2.24) is 10.2 Å². The molecule has 0 saturated heterocycles. The van der Waals surface area contributed by atoms with Crippen LogP contribution in [-0.4, -0.2) is 18.6 Å². The lowest BCUT2D eigenvalue weighted by Gasteiger charge is -2.14. The predicted octanol–water partition coefficient (Wildman–Crippen LogP) is 5.85. The van der Waals surface area contributed by atoms with Crippen LogP contribution < -0.4 is 0 Å². The lowest BCUT2D eigenvalue weighted by Crippen LogP contribution is -2.11. The number of rotatable bonds is 2. The number of hydrogen-bond donors (Lipinski definition) is 1. The zero-order valence-corrected chi connectivity index (χ0v) is 17.9. The van der Waals surface area contributed by atoms with E-state index in [1.165, 1.54) is 0 Å². The van der Waals surface area contributed by atoms with Crippen molar-refractivity contribution in [2.75, 3.05) is 0 Å². The number of H-pyrrole nitrogens is 1. The first-order chi connectivity index (χ1) is 14.2. The molecule has 1 aromatic heterocycles. The lowest BCUT2D eigenvalue weighted by atomic mass is 9.92. The minimum atomic E-state index is -3.47. The second-order valence-corrected chi connectivity index (χ2v) is 10.6. The Morgan fingerprint density at radius 1 is 0.733 bits per heavy atom. The van der Waals surface area contributed by atoms with Crippen LogP contribution in [-0.2, 0) is 15.3 Å². The number of nitrogens with one attached hydrogen (secondary N) is 1. The maximum atomic E-state index is 13.0. The summed E-state index contributed by atoms with van der Waals surface area (Å²) in [5.74, 6) is 0. The average Bonchev–Trinajstić information content (AvgIpc) is 3.31. The highest BCUT2D eigenvalue weighted by Crippen LogP contribution is 2.44. The molecule has 0 radical (unpaired) electrons. The number of aromatic amines is 1. The molecule has 0 saturated carbocycles. The molecule has 5 heteroatoms. The van der Waals surface area contributed by atoms with Gasteiger partial charge in [0.25, 0.3) is 0 Å². The standard InChI is InChI=1S/C25H22N2O2S/c1-25(2,3)24-15-21(26-27-24)17-10-8-16(9-11-17)18-12-13-20-19-6-4-5-7-22(19)30(28,29)23(20)14-18/h4-15H,1-3H3,(H,26,27). The minimum absolute atomic E-state index is 0.0126. The van der Waals surface area contributed by atoms with Crippen molar-refractivity contribution < 1.29 is 8.42 Å². The minimum Gasteiger partial charge on any atom is -0.281 e. The first-order valence-electron chi connectivity index (χ1n) is 9.90. The fraction of sp³-hybridized carbons (Fsp3) is 0.160. The summed E-state index contributed by atoms with van der Waals surface area (Å²) in [6.07, 6.45) is 0. The summed E-state index contributed by atoms with van der Waals surface area (Å²) in [6.45, 7) is 6.44. The summed E-state index contributed by atoms with van der Waals surface area (Å²) in [6, 6.07) is 23.0. The molecule has 0 fully saturated rings. The molecular formula is C25H22N2O2S. The summed E-state index contributed by atoms with van der Waals surface area (Å²) in [5, 5.41) is 7.56. The smallest absolute Gasteiger partial charge is 0.207 e. The Bertz CT molecular complexity index is 1380. The fourth-order valence-corrected chi connectivity index (χ4v) is 5.59. The number of fused-ring (bicyclic) bond motifs is 3. The van der Waals surface area contributed by atoms with Gasteiger partial charge in [-0.25, -0.2) is 8.42 Å². The van der Waals surface area contributed by atoms with E-state index < -0.39 is 9.84 Å². The predicted molar refractivity (Wildman–Crippen MR) is 119 cm³/mol. The molecule has 0 bridgehead atoms. The van der Waals surface area contributed by atoms with Crippen LogP contribution in [0.2, 0.25) is 0 Å². The van der Waals surface area contributed by atoms with Gasteiger partial charge in [0.1, 0.15) is 0 Å². The molecule has 0 spiro atoms. The number of sulfone groups is 1. The van der Waals surface area contributed by atoms with Crippen LogP contribution >= 0.6 is 0 Å². The van der Waals surface area contributed by atoms with Crippen molar-refractivity contribution in [3.05, 3.63) is 78.5 Å². The lowest BCUT2D eigenvalue weighted by molar-refractivity contribution is 0.567. The summed E-state index contributed by atoms with van der Waals surface area (Å²) >= 11 is 0. The van der Waals surface area contributed by atoms with Crippen molar-refractivity contribution >= 4 is 9.84 Å². The van der Waals surface area contributed by atoms with Crippen molar-refractivity contribution in [1.29, 1.82) is 0 Å². The first kappa shape index (κ1) is 18.8. The number of aromatic nitrogens is 2. The molecule has 4 nitrogen and oxygen atoms in total. The average molecular weight is 415 g/mol. The number of benzene rings is 3. The molecule has 30 heavy (non-hydrogen) atoms.